The quantitative estimate of drug-likeness (QED) is 0.341. The number of benzene rings is 3. The van der Waals surface area contributed by atoms with Crippen LogP contribution in [0.1, 0.15) is 51.4 Å². The molecule has 34 heavy (non-hydrogen) atoms. The van der Waals surface area contributed by atoms with Crippen molar-refractivity contribution in [1.82, 2.24) is 0 Å². The third kappa shape index (κ3) is 4.28. The molecule has 1 fully saturated rings. The maximum atomic E-state index is 13.6. The SMILES string of the molecule is O=C(O)CCC(=O)OP(c1ccccc1)(c1ccccc1)(c1ccccc1)C1CCCCCC1. The second-order valence-electron chi connectivity index (χ2n) is 9.11. The van der Waals surface area contributed by atoms with Crippen LogP contribution in [0.2, 0.25) is 0 Å². The van der Waals surface area contributed by atoms with Crippen LogP contribution in [-0.4, -0.2) is 22.7 Å². The number of carboxylic acids is 1. The zero-order valence-electron chi connectivity index (χ0n) is 19.5. The predicted molar refractivity (Wildman–Crippen MR) is 140 cm³/mol. The van der Waals surface area contributed by atoms with Gasteiger partial charge in [0, 0.05) is 0 Å². The predicted octanol–water partition coefficient (Wildman–Crippen LogP) is 5.56. The number of hydrogen-bond acceptors (Lipinski definition) is 3. The summed E-state index contributed by atoms with van der Waals surface area (Å²) in [5.74, 6) is -1.44. The van der Waals surface area contributed by atoms with Crippen LogP contribution in [0.25, 0.3) is 0 Å². The van der Waals surface area contributed by atoms with E-state index in [4.69, 9.17) is 4.52 Å². The standard InChI is InChI=1S/C29H33O4P/c30-28(31)22-23-29(32)33-34(25-16-8-3-9-17-25,26-18-10-4-11-19-26,27-20-12-5-13-21-27)24-14-6-1-2-7-15-24/h3-5,8-13,16-21,24H,1-2,6-7,14-15,22-23H2,(H,30,31). The maximum absolute atomic E-state index is 13.6. The van der Waals surface area contributed by atoms with Gasteiger partial charge in [0.2, 0.25) is 0 Å². The summed E-state index contributed by atoms with van der Waals surface area (Å²) in [6.07, 6.45) is 6.05. The van der Waals surface area contributed by atoms with E-state index in [1.54, 1.807) is 0 Å². The second kappa shape index (κ2) is 10.5. The van der Waals surface area contributed by atoms with Crippen LogP contribution in [0.15, 0.2) is 91.0 Å². The molecule has 1 aliphatic rings. The first-order valence-electron chi connectivity index (χ1n) is 12.2. The first-order chi connectivity index (χ1) is 16.6. The average molecular weight is 477 g/mol. The third-order valence-corrected chi connectivity index (χ3v) is 13.6. The van der Waals surface area contributed by atoms with E-state index in [0.29, 0.717) is 0 Å². The van der Waals surface area contributed by atoms with Gasteiger partial charge in [-0.3, -0.25) is 0 Å². The molecule has 0 radical (unpaired) electrons. The summed E-state index contributed by atoms with van der Waals surface area (Å²) in [5.41, 5.74) is 0.120. The van der Waals surface area contributed by atoms with Crippen LogP contribution in [0, 0.1) is 0 Å². The number of rotatable bonds is 8. The van der Waals surface area contributed by atoms with Crippen molar-refractivity contribution >= 4 is 34.7 Å². The average Bonchev–Trinajstić information content (AvgIpc) is 3.18. The monoisotopic (exact) mass is 476 g/mol. The molecule has 4 rings (SSSR count). The van der Waals surface area contributed by atoms with Gasteiger partial charge < -0.3 is 0 Å². The second-order valence-corrected chi connectivity index (χ2v) is 13.8. The van der Waals surface area contributed by atoms with Crippen LogP contribution in [0.3, 0.4) is 0 Å². The van der Waals surface area contributed by atoms with Crippen molar-refractivity contribution in [2.45, 2.75) is 57.0 Å². The zero-order valence-corrected chi connectivity index (χ0v) is 20.4. The molecule has 0 saturated heterocycles. The molecule has 0 atom stereocenters. The van der Waals surface area contributed by atoms with Gasteiger partial charge in [0.15, 0.2) is 0 Å². The molecule has 1 saturated carbocycles. The van der Waals surface area contributed by atoms with Crippen molar-refractivity contribution in [2.75, 3.05) is 0 Å². The Labute approximate surface area is 202 Å². The Kier molecular flexibility index (Phi) is 7.48. The Morgan fingerprint density at radius 3 is 1.47 bits per heavy atom. The van der Waals surface area contributed by atoms with E-state index in [2.05, 4.69) is 36.4 Å². The fraction of sp³-hybridized carbons (Fsp3) is 0.310. The van der Waals surface area contributed by atoms with Crippen LogP contribution in [0.4, 0.5) is 0 Å². The first kappa shape index (κ1) is 24.2. The van der Waals surface area contributed by atoms with Crippen LogP contribution in [-0.2, 0) is 14.1 Å². The minimum atomic E-state index is -3.81. The molecule has 0 spiro atoms. The Balaban J connectivity index is 2.10. The molecule has 178 valence electrons. The summed E-state index contributed by atoms with van der Waals surface area (Å²) >= 11 is 0. The number of carbonyl (C=O) groups is 2. The van der Waals surface area contributed by atoms with Gasteiger partial charge >= 0.3 is 202 Å². The molecule has 0 aromatic heterocycles. The van der Waals surface area contributed by atoms with Crippen LogP contribution >= 0.6 is 6.83 Å². The van der Waals surface area contributed by atoms with Crippen molar-refractivity contribution in [2.24, 2.45) is 0 Å². The van der Waals surface area contributed by atoms with Crippen molar-refractivity contribution < 1.29 is 19.2 Å². The molecule has 3 aromatic carbocycles. The number of carboxylic acid groups (broad SMARTS) is 1. The molecule has 0 amide bonds. The fourth-order valence-corrected chi connectivity index (χ4v) is 12.5. The van der Waals surface area contributed by atoms with E-state index >= 15 is 0 Å². The molecule has 3 aromatic rings. The van der Waals surface area contributed by atoms with Crippen molar-refractivity contribution in [3.05, 3.63) is 91.0 Å². The summed E-state index contributed by atoms with van der Waals surface area (Å²) in [6.45, 7) is -3.81. The molecule has 0 bridgehead atoms. The summed E-state index contributed by atoms with van der Waals surface area (Å²) in [7, 11) is 0. The van der Waals surface area contributed by atoms with Gasteiger partial charge in [0.05, 0.1) is 0 Å². The Bertz CT molecular complexity index is 991. The van der Waals surface area contributed by atoms with E-state index < -0.39 is 18.8 Å². The number of aliphatic carboxylic acids is 1. The van der Waals surface area contributed by atoms with Gasteiger partial charge in [0.1, 0.15) is 0 Å². The van der Waals surface area contributed by atoms with E-state index in [0.717, 1.165) is 41.6 Å². The summed E-state index contributed by atoms with van der Waals surface area (Å²) in [5, 5.41) is 12.4. The third-order valence-electron chi connectivity index (χ3n) is 7.16. The number of hydrogen-bond donors (Lipinski definition) is 1. The van der Waals surface area contributed by atoms with Gasteiger partial charge in [-0.05, 0) is 0 Å². The molecule has 1 N–H and O–H groups in total. The van der Waals surface area contributed by atoms with Gasteiger partial charge in [-0.2, -0.15) is 0 Å². The van der Waals surface area contributed by atoms with Crippen molar-refractivity contribution in [3.63, 3.8) is 0 Å². The van der Waals surface area contributed by atoms with E-state index in [1.807, 2.05) is 54.6 Å². The molecule has 5 heteroatoms. The molecule has 1 aliphatic carbocycles. The van der Waals surface area contributed by atoms with E-state index in [9.17, 15) is 14.7 Å². The summed E-state index contributed by atoms with van der Waals surface area (Å²) < 4.78 is 6.96. The minimum absolute atomic E-state index is 0.120. The molecule has 0 unspecified atom stereocenters. The van der Waals surface area contributed by atoms with E-state index in [-0.39, 0.29) is 18.5 Å². The Morgan fingerprint density at radius 2 is 1.09 bits per heavy atom. The zero-order chi connectivity index (χ0) is 23.9. The van der Waals surface area contributed by atoms with Crippen LogP contribution in [0.5, 0.6) is 0 Å². The Morgan fingerprint density at radius 1 is 0.676 bits per heavy atom. The molecule has 0 heterocycles. The molecular formula is C29H33O4P. The molecule has 4 nitrogen and oxygen atoms in total. The van der Waals surface area contributed by atoms with Gasteiger partial charge in [-0.15, -0.1) is 0 Å². The Hall–Kier alpha value is -2.97. The first-order valence-corrected chi connectivity index (χ1v) is 14.4. The van der Waals surface area contributed by atoms with Crippen molar-refractivity contribution in [1.29, 1.82) is 0 Å². The summed E-state index contributed by atoms with van der Waals surface area (Å²) in [4.78, 5) is 24.9. The fourth-order valence-electron chi connectivity index (χ4n) is 5.70. The van der Waals surface area contributed by atoms with Gasteiger partial charge in [-0.25, -0.2) is 0 Å². The molecule has 0 aliphatic heterocycles. The topological polar surface area (TPSA) is 63.6 Å². The number of carbonyl (C=O) groups excluding carboxylic acids is 1. The van der Waals surface area contributed by atoms with Crippen molar-refractivity contribution in [3.8, 4) is 0 Å². The van der Waals surface area contributed by atoms with E-state index in [1.165, 1.54) is 12.8 Å². The summed E-state index contributed by atoms with van der Waals surface area (Å²) in [6, 6.07) is 30.7. The van der Waals surface area contributed by atoms with Gasteiger partial charge in [0.25, 0.3) is 0 Å². The normalized spacial score (nSPS) is 16.1. The van der Waals surface area contributed by atoms with Crippen LogP contribution < -0.4 is 15.9 Å². The van der Waals surface area contributed by atoms with Gasteiger partial charge in [-0.1, -0.05) is 0 Å². The molecular weight excluding hydrogens is 443 g/mol.